The third-order valence-electron chi connectivity index (χ3n) is 2.00. The van der Waals surface area contributed by atoms with Gasteiger partial charge in [-0.2, -0.15) is 0 Å². The van der Waals surface area contributed by atoms with Crippen molar-refractivity contribution >= 4 is 31.7 Å². The van der Waals surface area contributed by atoms with Crippen molar-refractivity contribution in [3.05, 3.63) is 0 Å². The standard InChI is InChI=1S/C7H11ClN2O4S/c1-7(2)5(11)10(6(12)9-7)3-4-15(8,13)14/h3-4H2,1-2H3,(H,9,12). The number of halogens is 1. The van der Waals surface area contributed by atoms with Crippen molar-refractivity contribution < 1.29 is 18.0 Å². The summed E-state index contributed by atoms with van der Waals surface area (Å²) < 4.78 is 21.3. The van der Waals surface area contributed by atoms with Crippen LogP contribution in [0.15, 0.2) is 0 Å². The molecule has 0 saturated carbocycles. The van der Waals surface area contributed by atoms with E-state index in [-0.39, 0.29) is 6.54 Å². The minimum Gasteiger partial charge on any atom is -0.324 e. The Morgan fingerprint density at radius 1 is 1.40 bits per heavy atom. The smallest absolute Gasteiger partial charge is 0.324 e. The van der Waals surface area contributed by atoms with Gasteiger partial charge in [0.15, 0.2) is 0 Å². The summed E-state index contributed by atoms with van der Waals surface area (Å²) in [5.74, 6) is -0.892. The molecule has 8 heteroatoms. The van der Waals surface area contributed by atoms with Crippen LogP contribution in [0.5, 0.6) is 0 Å². The van der Waals surface area contributed by atoms with Crippen LogP contribution in [0.2, 0.25) is 0 Å². The second-order valence-electron chi connectivity index (χ2n) is 3.75. The number of carbonyl (C=O) groups excluding carboxylic acids is 2. The van der Waals surface area contributed by atoms with Crippen molar-refractivity contribution in [2.45, 2.75) is 19.4 Å². The Kier molecular flexibility index (Phi) is 2.97. The zero-order valence-corrected chi connectivity index (χ0v) is 9.85. The van der Waals surface area contributed by atoms with Gasteiger partial charge in [-0.15, -0.1) is 0 Å². The van der Waals surface area contributed by atoms with Gasteiger partial charge in [0.05, 0.1) is 5.75 Å². The Morgan fingerprint density at radius 3 is 2.27 bits per heavy atom. The molecule has 0 aromatic carbocycles. The molecule has 1 rings (SSSR count). The molecule has 0 aliphatic carbocycles. The average molecular weight is 255 g/mol. The maximum Gasteiger partial charge on any atom is 0.325 e. The molecule has 0 bridgehead atoms. The third-order valence-corrected chi connectivity index (χ3v) is 3.14. The van der Waals surface area contributed by atoms with Crippen LogP contribution in [0.25, 0.3) is 0 Å². The zero-order chi connectivity index (χ0) is 11.9. The second kappa shape index (κ2) is 3.64. The van der Waals surface area contributed by atoms with Gasteiger partial charge in [0, 0.05) is 17.2 Å². The lowest BCUT2D eigenvalue weighted by Crippen LogP contribution is -2.40. The van der Waals surface area contributed by atoms with Gasteiger partial charge in [0.2, 0.25) is 9.05 Å². The van der Waals surface area contributed by atoms with E-state index < -0.39 is 32.3 Å². The van der Waals surface area contributed by atoms with E-state index in [2.05, 4.69) is 5.32 Å². The van der Waals surface area contributed by atoms with Crippen molar-refractivity contribution in [1.29, 1.82) is 0 Å². The molecule has 1 N–H and O–H groups in total. The molecular formula is C7H11ClN2O4S. The highest BCUT2D eigenvalue weighted by molar-refractivity contribution is 8.13. The van der Waals surface area contributed by atoms with Gasteiger partial charge in [-0.05, 0) is 13.8 Å². The van der Waals surface area contributed by atoms with Crippen molar-refractivity contribution in [3.8, 4) is 0 Å². The summed E-state index contributed by atoms with van der Waals surface area (Å²) in [5.41, 5.74) is -0.979. The van der Waals surface area contributed by atoms with Gasteiger partial charge in [0.1, 0.15) is 5.54 Å². The van der Waals surface area contributed by atoms with Gasteiger partial charge >= 0.3 is 6.03 Å². The molecule has 0 unspecified atom stereocenters. The van der Waals surface area contributed by atoms with E-state index in [4.69, 9.17) is 10.7 Å². The summed E-state index contributed by atoms with van der Waals surface area (Å²) >= 11 is 0. The molecule has 1 saturated heterocycles. The predicted molar refractivity (Wildman–Crippen MR) is 54.0 cm³/mol. The molecule has 3 amide bonds. The molecular weight excluding hydrogens is 244 g/mol. The molecule has 15 heavy (non-hydrogen) atoms. The van der Waals surface area contributed by atoms with Crippen LogP contribution in [0.4, 0.5) is 4.79 Å². The number of nitrogens with zero attached hydrogens (tertiary/aromatic N) is 1. The van der Waals surface area contributed by atoms with Crippen LogP contribution >= 0.6 is 10.7 Å². The SMILES string of the molecule is CC1(C)NC(=O)N(CCS(=O)(=O)Cl)C1=O. The Balaban J connectivity index is 2.73. The van der Waals surface area contributed by atoms with Crippen molar-refractivity contribution in [3.63, 3.8) is 0 Å². The first-order valence-electron chi connectivity index (χ1n) is 4.20. The summed E-state index contributed by atoms with van der Waals surface area (Å²) in [6.45, 7) is 2.87. The highest BCUT2D eigenvalue weighted by Crippen LogP contribution is 2.16. The van der Waals surface area contributed by atoms with Crippen LogP contribution in [0, 0.1) is 0 Å². The van der Waals surface area contributed by atoms with Gasteiger partial charge in [-0.3, -0.25) is 9.69 Å². The van der Waals surface area contributed by atoms with Crippen LogP contribution in [0.3, 0.4) is 0 Å². The number of hydrogen-bond donors (Lipinski definition) is 1. The molecule has 6 nitrogen and oxygen atoms in total. The second-order valence-corrected chi connectivity index (χ2v) is 6.65. The number of carbonyl (C=O) groups is 2. The fourth-order valence-corrected chi connectivity index (χ4v) is 1.83. The number of amides is 3. The average Bonchev–Trinajstić information content (AvgIpc) is 2.18. The van der Waals surface area contributed by atoms with Crippen molar-refractivity contribution in [1.82, 2.24) is 10.2 Å². The van der Waals surface area contributed by atoms with Gasteiger partial charge in [-0.1, -0.05) is 0 Å². The normalized spacial score (nSPS) is 20.6. The molecule has 0 radical (unpaired) electrons. The number of hydrogen-bond acceptors (Lipinski definition) is 4. The molecule has 0 aromatic heterocycles. The fourth-order valence-electron chi connectivity index (χ4n) is 1.22. The van der Waals surface area contributed by atoms with E-state index in [1.165, 1.54) is 0 Å². The minimum absolute atomic E-state index is 0.222. The lowest BCUT2D eigenvalue weighted by Gasteiger charge is -2.15. The van der Waals surface area contributed by atoms with Crippen LogP contribution < -0.4 is 5.32 Å². The predicted octanol–water partition coefficient (Wildman–Crippen LogP) is -0.115. The monoisotopic (exact) mass is 254 g/mol. The Bertz CT molecular complexity index is 403. The molecule has 1 aliphatic rings. The van der Waals surface area contributed by atoms with Crippen LogP contribution in [-0.2, 0) is 13.8 Å². The maximum atomic E-state index is 11.6. The zero-order valence-electron chi connectivity index (χ0n) is 8.28. The number of rotatable bonds is 3. The molecule has 0 atom stereocenters. The van der Waals surface area contributed by atoms with E-state index in [1.54, 1.807) is 13.8 Å². The van der Waals surface area contributed by atoms with Gasteiger partial charge in [0.25, 0.3) is 5.91 Å². The van der Waals surface area contributed by atoms with Crippen LogP contribution in [-0.4, -0.2) is 43.1 Å². The Hall–Kier alpha value is -0.820. The highest BCUT2D eigenvalue weighted by atomic mass is 35.7. The lowest BCUT2D eigenvalue weighted by atomic mass is 10.1. The van der Waals surface area contributed by atoms with E-state index in [0.717, 1.165) is 4.90 Å². The first kappa shape index (κ1) is 12.3. The molecule has 1 heterocycles. The highest BCUT2D eigenvalue weighted by Gasteiger charge is 2.44. The maximum absolute atomic E-state index is 11.6. The number of nitrogens with one attached hydrogen (secondary N) is 1. The van der Waals surface area contributed by atoms with Crippen molar-refractivity contribution in [2.75, 3.05) is 12.3 Å². The lowest BCUT2D eigenvalue weighted by molar-refractivity contribution is -0.130. The first-order chi connectivity index (χ1) is 6.63. The van der Waals surface area contributed by atoms with Crippen LogP contribution in [0.1, 0.15) is 13.8 Å². The van der Waals surface area contributed by atoms with Crippen molar-refractivity contribution in [2.24, 2.45) is 0 Å². The Labute approximate surface area is 92.0 Å². The quantitative estimate of drug-likeness (QED) is 0.562. The molecule has 1 fully saturated rings. The molecule has 0 spiro atoms. The minimum atomic E-state index is -3.70. The molecule has 1 aliphatic heterocycles. The summed E-state index contributed by atoms with van der Waals surface area (Å²) in [6.07, 6.45) is 0. The Morgan fingerprint density at radius 2 is 1.93 bits per heavy atom. The number of urea groups is 1. The topological polar surface area (TPSA) is 83.6 Å². The largest absolute Gasteiger partial charge is 0.325 e. The summed E-state index contributed by atoms with van der Waals surface area (Å²) in [5, 5.41) is 2.43. The summed E-state index contributed by atoms with van der Waals surface area (Å²) in [7, 11) is 1.28. The van der Waals surface area contributed by atoms with Gasteiger partial charge in [-0.25, -0.2) is 13.2 Å². The van der Waals surface area contributed by atoms with E-state index in [9.17, 15) is 18.0 Å². The summed E-state index contributed by atoms with van der Waals surface area (Å²) in [6, 6.07) is -0.592. The summed E-state index contributed by atoms with van der Waals surface area (Å²) in [4.78, 5) is 23.7. The van der Waals surface area contributed by atoms with E-state index in [0.29, 0.717) is 0 Å². The fraction of sp³-hybridized carbons (Fsp3) is 0.714. The third kappa shape index (κ3) is 2.82. The van der Waals surface area contributed by atoms with E-state index >= 15 is 0 Å². The molecule has 0 aromatic rings. The molecule has 86 valence electrons. The number of imide groups is 1. The van der Waals surface area contributed by atoms with E-state index in [1.807, 2.05) is 0 Å². The first-order valence-corrected chi connectivity index (χ1v) is 6.68. The van der Waals surface area contributed by atoms with Gasteiger partial charge < -0.3 is 5.32 Å².